The Bertz CT molecular complexity index is 405. The maximum Gasteiger partial charge on any atom is 0.0426 e. The Kier molecular flexibility index (Phi) is 6.04. The van der Waals surface area contributed by atoms with Crippen molar-refractivity contribution < 1.29 is 0 Å². The average molecular weight is 265 g/mol. The molecule has 1 atom stereocenters. The predicted octanol–water partition coefficient (Wildman–Crippen LogP) is 3.12. The van der Waals surface area contributed by atoms with E-state index in [9.17, 15) is 0 Å². The summed E-state index contributed by atoms with van der Waals surface area (Å²) in [6.45, 7) is 2.28. The molecule has 1 aromatic rings. The van der Waals surface area contributed by atoms with Gasteiger partial charge in [0.1, 0.15) is 0 Å². The Morgan fingerprint density at radius 2 is 1.89 bits per heavy atom. The second-order valence-corrected chi connectivity index (χ2v) is 4.62. The van der Waals surface area contributed by atoms with Crippen LogP contribution in [0.15, 0.2) is 24.3 Å². The summed E-state index contributed by atoms with van der Waals surface area (Å²) in [7, 11) is 0. The number of nitrogens with zero attached hydrogens (tertiary/aromatic N) is 1. The van der Waals surface area contributed by atoms with E-state index in [0.29, 0.717) is 6.42 Å². The topological polar surface area (TPSA) is 29.3 Å². The van der Waals surface area contributed by atoms with Gasteiger partial charge in [0.2, 0.25) is 0 Å². The summed E-state index contributed by atoms with van der Waals surface area (Å²) in [5.74, 6) is 2.65. The highest BCUT2D eigenvalue weighted by Crippen LogP contribution is 2.28. The Labute approximate surface area is 116 Å². The van der Waals surface area contributed by atoms with E-state index in [0.717, 1.165) is 13.1 Å². The Balaban J connectivity index is 0.00000162. The summed E-state index contributed by atoms with van der Waals surface area (Å²) in [6, 6.07) is 8.34. The van der Waals surface area contributed by atoms with Crippen molar-refractivity contribution in [1.29, 1.82) is 0 Å². The van der Waals surface area contributed by atoms with Crippen molar-refractivity contribution in [3.8, 4) is 12.3 Å². The Morgan fingerprint density at radius 3 is 2.56 bits per heavy atom. The largest absolute Gasteiger partial charge is 0.371 e. The number of nitrogens with two attached hydrogens (primary N) is 1. The summed E-state index contributed by atoms with van der Waals surface area (Å²) in [4.78, 5) is 2.44. The maximum absolute atomic E-state index is 6.14. The van der Waals surface area contributed by atoms with Crippen LogP contribution in [0.2, 0.25) is 0 Å². The zero-order chi connectivity index (χ0) is 12.1. The molecule has 1 aliphatic heterocycles. The van der Waals surface area contributed by atoms with Crippen molar-refractivity contribution in [2.24, 2.45) is 5.73 Å². The third-order valence-corrected chi connectivity index (χ3v) is 3.37. The Morgan fingerprint density at radius 1 is 1.22 bits per heavy atom. The lowest BCUT2D eigenvalue weighted by Gasteiger charge is -2.31. The Hall–Kier alpha value is -1.17. The SMILES string of the molecule is C#CCC(N)c1ccccc1N1CCCCC1.Cl. The van der Waals surface area contributed by atoms with Crippen LogP contribution in [0, 0.1) is 12.3 Å². The van der Waals surface area contributed by atoms with Crippen LogP contribution in [0.3, 0.4) is 0 Å². The molecule has 0 aliphatic carbocycles. The van der Waals surface area contributed by atoms with Crippen LogP contribution < -0.4 is 10.6 Å². The molecule has 98 valence electrons. The number of hydrogen-bond donors (Lipinski definition) is 1. The zero-order valence-electron chi connectivity index (χ0n) is 10.6. The smallest absolute Gasteiger partial charge is 0.0426 e. The average Bonchev–Trinajstić information content (AvgIpc) is 2.40. The lowest BCUT2D eigenvalue weighted by molar-refractivity contribution is 0.574. The fourth-order valence-electron chi connectivity index (χ4n) is 2.46. The quantitative estimate of drug-likeness (QED) is 0.850. The third-order valence-electron chi connectivity index (χ3n) is 3.37. The summed E-state index contributed by atoms with van der Waals surface area (Å²) in [6.07, 6.45) is 9.85. The van der Waals surface area contributed by atoms with Crippen LogP contribution in [-0.2, 0) is 0 Å². The van der Waals surface area contributed by atoms with Gasteiger partial charge in [-0.3, -0.25) is 0 Å². The lowest BCUT2D eigenvalue weighted by Crippen LogP contribution is -2.31. The van der Waals surface area contributed by atoms with Gasteiger partial charge in [-0.2, -0.15) is 0 Å². The number of halogens is 1. The van der Waals surface area contributed by atoms with Gasteiger partial charge in [-0.1, -0.05) is 18.2 Å². The number of rotatable bonds is 3. The highest BCUT2D eigenvalue weighted by molar-refractivity contribution is 5.85. The van der Waals surface area contributed by atoms with E-state index >= 15 is 0 Å². The van der Waals surface area contributed by atoms with Gasteiger partial charge < -0.3 is 10.6 Å². The fourth-order valence-corrected chi connectivity index (χ4v) is 2.46. The molecule has 2 nitrogen and oxygen atoms in total. The number of terminal acetylenes is 1. The minimum atomic E-state index is -0.0434. The molecular weight excluding hydrogens is 244 g/mol. The molecular formula is C15H21ClN2. The first-order valence-corrected chi connectivity index (χ1v) is 6.36. The van der Waals surface area contributed by atoms with E-state index in [-0.39, 0.29) is 18.4 Å². The lowest BCUT2D eigenvalue weighted by atomic mass is 10.0. The van der Waals surface area contributed by atoms with Crippen LogP contribution in [0.25, 0.3) is 0 Å². The maximum atomic E-state index is 6.14. The minimum Gasteiger partial charge on any atom is -0.371 e. The van der Waals surface area contributed by atoms with E-state index in [1.54, 1.807) is 0 Å². The molecule has 0 saturated carbocycles. The van der Waals surface area contributed by atoms with Crippen LogP contribution in [0.5, 0.6) is 0 Å². The number of benzene rings is 1. The fraction of sp³-hybridized carbons (Fsp3) is 0.467. The van der Waals surface area contributed by atoms with E-state index in [1.807, 2.05) is 6.07 Å². The standard InChI is InChI=1S/C15H20N2.ClH/c1-2-8-14(16)13-9-4-5-10-15(13)17-11-6-3-7-12-17;/h1,4-5,9-10,14H,3,6-8,11-12,16H2;1H. The van der Waals surface area contributed by atoms with Gasteiger partial charge in [0.15, 0.2) is 0 Å². The summed E-state index contributed by atoms with van der Waals surface area (Å²) >= 11 is 0. The molecule has 18 heavy (non-hydrogen) atoms. The van der Waals surface area contributed by atoms with Gasteiger partial charge in [-0.25, -0.2) is 0 Å². The van der Waals surface area contributed by atoms with Crippen LogP contribution in [0.4, 0.5) is 5.69 Å². The van der Waals surface area contributed by atoms with Gasteiger partial charge in [0.05, 0.1) is 0 Å². The molecule has 2 N–H and O–H groups in total. The molecule has 1 aromatic carbocycles. The molecule has 3 heteroatoms. The second kappa shape index (κ2) is 7.31. The zero-order valence-corrected chi connectivity index (χ0v) is 11.5. The van der Waals surface area contributed by atoms with Crippen molar-refractivity contribution in [1.82, 2.24) is 0 Å². The van der Waals surface area contributed by atoms with Crippen LogP contribution in [0.1, 0.15) is 37.3 Å². The number of para-hydroxylation sites is 1. The van der Waals surface area contributed by atoms with E-state index in [2.05, 4.69) is 29.0 Å². The molecule has 1 unspecified atom stereocenters. The third kappa shape index (κ3) is 3.41. The van der Waals surface area contributed by atoms with Crippen molar-refractivity contribution in [2.75, 3.05) is 18.0 Å². The number of anilines is 1. The van der Waals surface area contributed by atoms with Gasteiger partial charge >= 0.3 is 0 Å². The minimum absolute atomic E-state index is 0. The predicted molar refractivity (Wildman–Crippen MR) is 80.1 cm³/mol. The molecule has 0 amide bonds. The molecule has 0 spiro atoms. The normalized spacial score (nSPS) is 16.6. The molecule has 1 saturated heterocycles. The van der Waals surface area contributed by atoms with Gasteiger partial charge in [-0.05, 0) is 30.9 Å². The summed E-state index contributed by atoms with van der Waals surface area (Å²) in [5, 5.41) is 0. The van der Waals surface area contributed by atoms with E-state index < -0.39 is 0 Å². The summed E-state index contributed by atoms with van der Waals surface area (Å²) in [5.41, 5.74) is 8.60. The monoisotopic (exact) mass is 264 g/mol. The highest BCUT2D eigenvalue weighted by Gasteiger charge is 2.16. The first kappa shape index (κ1) is 14.9. The number of piperidine rings is 1. The first-order chi connectivity index (χ1) is 8.33. The van der Waals surface area contributed by atoms with Crippen LogP contribution in [-0.4, -0.2) is 13.1 Å². The molecule has 1 heterocycles. The van der Waals surface area contributed by atoms with E-state index in [1.165, 1.54) is 30.5 Å². The molecule has 1 fully saturated rings. The van der Waals surface area contributed by atoms with Gasteiger partial charge in [0, 0.05) is 31.2 Å². The van der Waals surface area contributed by atoms with E-state index in [4.69, 9.17) is 12.2 Å². The molecule has 2 rings (SSSR count). The number of hydrogen-bond acceptors (Lipinski definition) is 2. The molecule has 0 radical (unpaired) electrons. The highest BCUT2D eigenvalue weighted by atomic mass is 35.5. The van der Waals surface area contributed by atoms with Gasteiger partial charge in [0.25, 0.3) is 0 Å². The summed E-state index contributed by atoms with van der Waals surface area (Å²) < 4.78 is 0. The first-order valence-electron chi connectivity index (χ1n) is 6.36. The van der Waals surface area contributed by atoms with Crippen molar-refractivity contribution in [3.05, 3.63) is 29.8 Å². The molecule has 1 aliphatic rings. The molecule has 0 bridgehead atoms. The van der Waals surface area contributed by atoms with Gasteiger partial charge in [-0.15, -0.1) is 24.8 Å². The molecule has 0 aromatic heterocycles. The van der Waals surface area contributed by atoms with Crippen LogP contribution >= 0.6 is 12.4 Å². The van der Waals surface area contributed by atoms with Crippen molar-refractivity contribution in [2.45, 2.75) is 31.7 Å². The van der Waals surface area contributed by atoms with Crippen molar-refractivity contribution >= 4 is 18.1 Å². The second-order valence-electron chi connectivity index (χ2n) is 4.62. The van der Waals surface area contributed by atoms with Crippen molar-refractivity contribution in [3.63, 3.8) is 0 Å².